The first-order valence-electron chi connectivity index (χ1n) is 10.4. The number of hydrogen-bond donors (Lipinski definition) is 1. The number of halogens is 3. The largest absolute Gasteiger partial charge is 0.459 e. The summed E-state index contributed by atoms with van der Waals surface area (Å²) in [6.07, 6.45) is 1.75. The number of rotatable bonds is 8. The summed E-state index contributed by atoms with van der Waals surface area (Å²) in [7, 11) is 0. The maximum absolute atomic E-state index is 15.1. The van der Waals surface area contributed by atoms with E-state index >= 15 is 4.39 Å². The van der Waals surface area contributed by atoms with Crippen molar-refractivity contribution in [2.24, 2.45) is 16.6 Å². The Morgan fingerprint density at radius 2 is 2.12 bits per heavy atom. The van der Waals surface area contributed by atoms with Gasteiger partial charge in [0.1, 0.15) is 29.8 Å². The average Bonchev–Trinajstić information content (AvgIpc) is 3.23. The zero-order valence-corrected chi connectivity index (χ0v) is 17.8. The van der Waals surface area contributed by atoms with E-state index in [1.54, 1.807) is 0 Å². The van der Waals surface area contributed by atoms with E-state index in [0.717, 1.165) is 12.4 Å². The molecular formula is C22H23F3N4O4. The van der Waals surface area contributed by atoms with Crippen molar-refractivity contribution in [1.82, 2.24) is 9.97 Å². The normalized spacial score (nSPS) is 26.3. The number of carbonyl (C=O) groups is 1. The van der Waals surface area contributed by atoms with Crippen LogP contribution in [0.4, 0.5) is 13.2 Å². The summed E-state index contributed by atoms with van der Waals surface area (Å²) >= 11 is 0. The zero-order chi connectivity index (χ0) is 23.6. The molecule has 0 radical (unpaired) electrons. The number of nitrogens with zero attached hydrogens (tertiary/aromatic N) is 3. The minimum atomic E-state index is -1.64. The van der Waals surface area contributed by atoms with E-state index in [0.29, 0.717) is 12.0 Å². The van der Waals surface area contributed by atoms with Crippen molar-refractivity contribution in [3.63, 3.8) is 0 Å². The first kappa shape index (κ1) is 23.0. The molecule has 33 heavy (non-hydrogen) atoms. The van der Waals surface area contributed by atoms with Gasteiger partial charge in [0.05, 0.1) is 31.0 Å². The summed E-state index contributed by atoms with van der Waals surface area (Å²) in [4.78, 5) is 24.6. The van der Waals surface area contributed by atoms with Crippen molar-refractivity contribution in [3.05, 3.63) is 53.2 Å². The first-order valence-corrected chi connectivity index (χ1v) is 10.4. The molecule has 1 saturated heterocycles. The highest BCUT2D eigenvalue weighted by molar-refractivity contribution is 5.95. The number of ketones is 1. The number of carbonyl (C=O) groups excluding carboxylic acids is 1. The number of ether oxygens (including phenoxy) is 3. The summed E-state index contributed by atoms with van der Waals surface area (Å²) in [5, 5.41) is 0. The summed E-state index contributed by atoms with van der Waals surface area (Å²) in [6, 6.07) is 3.79. The van der Waals surface area contributed by atoms with Gasteiger partial charge in [0, 0.05) is 12.0 Å². The maximum atomic E-state index is 15.1. The molecule has 4 rings (SSSR count). The second-order valence-electron chi connectivity index (χ2n) is 7.88. The van der Waals surface area contributed by atoms with Crippen LogP contribution in [0, 0.1) is 11.7 Å². The lowest BCUT2D eigenvalue weighted by Crippen LogP contribution is -2.52. The van der Waals surface area contributed by atoms with E-state index in [1.165, 1.54) is 18.2 Å². The number of benzene rings is 1. The molecule has 2 aliphatic rings. The van der Waals surface area contributed by atoms with E-state index < -0.39 is 48.8 Å². The molecule has 4 atom stereocenters. The van der Waals surface area contributed by atoms with Crippen LogP contribution in [0.5, 0.6) is 5.88 Å². The molecule has 176 valence electrons. The average molecular weight is 464 g/mol. The van der Waals surface area contributed by atoms with Crippen molar-refractivity contribution in [3.8, 4) is 5.88 Å². The molecule has 2 aromatic rings. The van der Waals surface area contributed by atoms with E-state index in [9.17, 15) is 13.6 Å². The Kier molecular flexibility index (Phi) is 6.50. The van der Waals surface area contributed by atoms with Crippen LogP contribution < -0.4 is 10.5 Å². The molecule has 0 aliphatic carbocycles. The highest BCUT2D eigenvalue weighted by Gasteiger charge is 2.57. The summed E-state index contributed by atoms with van der Waals surface area (Å²) < 4.78 is 57.9. The molecule has 0 amide bonds. The number of aliphatic imine (C=N–C) groups is 1. The van der Waals surface area contributed by atoms with Gasteiger partial charge < -0.3 is 19.9 Å². The molecule has 0 unspecified atom stereocenters. The topological polar surface area (TPSA) is 109 Å². The van der Waals surface area contributed by atoms with Crippen molar-refractivity contribution >= 4 is 11.8 Å². The molecule has 1 aromatic heterocycles. The second kappa shape index (κ2) is 9.34. The number of nitrogens with two attached hydrogens (primary N) is 1. The van der Waals surface area contributed by atoms with Gasteiger partial charge in [0.25, 0.3) is 6.02 Å². The molecule has 1 fully saturated rings. The molecule has 0 spiro atoms. The highest BCUT2D eigenvalue weighted by atomic mass is 19.1. The summed E-state index contributed by atoms with van der Waals surface area (Å²) in [5.41, 5.74) is 4.62. The van der Waals surface area contributed by atoms with Gasteiger partial charge in [0.15, 0.2) is 5.78 Å². The van der Waals surface area contributed by atoms with E-state index in [1.807, 2.05) is 6.92 Å². The van der Waals surface area contributed by atoms with Crippen molar-refractivity contribution in [1.29, 1.82) is 0 Å². The Morgan fingerprint density at radius 1 is 1.30 bits per heavy atom. The van der Waals surface area contributed by atoms with Crippen LogP contribution in [-0.4, -0.2) is 54.1 Å². The molecule has 1 aromatic carbocycles. The number of alkyl halides is 2. The quantitative estimate of drug-likeness (QED) is 0.598. The van der Waals surface area contributed by atoms with Gasteiger partial charge in [-0.3, -0.25) is 4.79 Å². The van der Waals surface area contributed by atoms with Gasteiger partial charge in [0.2, 0.25) is 12.7 Å². The Balaban J connectivity index is 1.67. The summed E-state index contributed by atoms with van der Waals surface area (Å²) in [5.74, 6) is -1.73. The van der Waals surface area contributed by atoms with Gasteiger partial charge in [-0.15, -0.1) is 0 Å². The van der Waals surface area contributed by atoms with Crippen molar-refractivity contribution in [2.75, 3.05) is 20.1 Å². The van der Waals surface area contributed by atoms with Gasteiger partial charge in [-0.2, -0.15) is 0 Å². The van der Waals surface area contributed by atoms with Crippen LogP contribution in [0.2, 0.25) is 0 Å². The van der Waals surface area contributed by atoms with Gasteiger partial charge in [-0.1, -0.05) is 13.0 Å². The Hall–Kier alpha value is -3.21. The molecular weight excluding hydrogens is 441 g/mol. The van der Waals surface area contributed by atoms with Gasteiger partial charge in [-0.05, 0) is 24.1 Å². The fraction of sp³-hybridized carbons (Fsp3) is 0.455. The monoisotopic (exact) mass is 464 g/mol. The lowest BCUT2D eigenvalue weighted by molar-refractivity contribution is 0.0338. The number of amidine groups is 1. The maximum Gasteiger partial charge on any atom is 0.283 e. The standard InChI is InChI=1S/C22H23F3N4O4/c1-2-17-20-18(9-31-17)33-21(26)29-22(20,10-23)13-5-12(3-4-14(13)25)6-16(30)15-7-28-19(8-27-15)32-11-24/h3-5,7-8,17-18,20H,2,6,9-11H2,1H3,(H2,26,29)/t17-,18+,20-,22+/m0/s1. The van der Waals surface area contributed by atoms with E-state index in [2.05, 4.69) is 19.7 Å². The van der Waals surface area contributed by atoms with Crippen molar-refractivity contribution in [2.45, 2.75) is 37.5 Å². The van der Waals surface area contributed by atoms with Crippen LogP contribution in [0.3, 0.4) is 0 Å². The SMILES string of the molecule is CC[C@@H]1OC[C@H]2OC(N)=N[C@](CF)(c3cc(CC(=O)c4cnc(OCF)cn4)ccc3F)[C@@H]12. The van der Waals surface area contributed by atoms with Crippen molar-refractivity contribution < 1.29 is 32.2 Å². The number of Topliss-reactive ketones (excluding diaryl/α,β-unsaturated/α-hetero) is 1. The lowest BCUT2D eigenvalue weighted by atomic mass is 9.72. The molecule has 0 saturated carbocycles. The third-order valence-electron chi connectivity index (χ3n) is 5.99. The molecule has 2 N–H and O–H groups in total. The molecule has 8 nitrogen and oxygen atoms in total. The number of fused-ring (bicyclic) bond motifs is 1. The molecule has 3 heterocycles. The fourth-order valence-electron chi connectivity index (χ4n) is 4.52. The smallest absolute Gasteiger partial charge is 0.283 e. The van der Waals surface area contributed by atoms with Crippen LogP contribution in [-0.2, 0) is 21.4 Å². The van der Waals surface area contributed by atoms with Crippen LogP contribution >= 0.6 is 0 Å². The van der Waals surface area contributed by atoms with Crippen LogP contribution in [0.25, 0.3) is 0 Å². The van der Waals surface area contributed by atoms with E-state index in [4.69, 9.17) is 15.2 Å². The van der Waals surface area contributed by atoms with Crippen LogP contribution in [0.1, 0.15) is 35.0 Å². The Labute approximate surface area is 188 Å². The minimum Gasteiger partial charge on any atom is -0.459 e. The first-order chi connectivity index (χ1) is 15.9. The fourth-order valence-corrected chi connectivity index (χ4v) is 4.52. The molecule has 11 heteroatoms. The predicted octanol–water partition coefficient (Wildman–Crippen LogP) is 2.65. The Bertz CT molecular complexity index is 1050. The van der Waals surface area contributed by atoms with Gasteiger partial charge >= 0.3 is 0 Å². The minimum absolute atomic E-state index is 0.0155. The number of aromatic nitrogens is 2. The summed E-state index contributed by atoms with van der Waals surface area (Å²) in [6.45, 7) is -0.00972. The third kappa shape index (κ3) is 4.24. The van der Waals surface area contributed by atoms with Gasteiger partial charge in [-0.25, -0.2) is 28.1 Å². The highest BCUT2D eigenvalue weighted by Crippen LogP contribution is 2.47. The molecule has 0 bridgehead atoms. The number of hydrogen-bond acceptors (Lipinski definition) is 8. The molecule has 2 aliphatic heterocycles. The predicted molar refractivity (Wildman–Crippen MR) is 111 cm³/mol. The second-order valence-corrected chi connectivity index (χ2v) is 7.88. The van der Waals surface area contributed by atoms with Crippen LogP contribution in [0.15, 0.2) is 35.6 Å². The lowest BCUT2D eigenvalue weighted by Gasteiger charge is -2.41. The van der Waals surface area contributed by atoms with E-state index in [-0.39, 0.29) is 36.2 Å². The Morgan fingerprint density at radius 3 is 2.79 bits per heavy atom. The zero-order valence-electron chi connectivity index (χ0n) is 17.8. The third-order valence-corrected chi connectivity index (χ3v) is 5.99.